The Morgan fingerprint density at radius 1 is 1.28 bits per heavy atom. The van der Waals surface area contributed by atoms with E-state index in [9.17, 15) is 0 Å². The first-order chi connectivity index (χ1) is 8.78. The Labute approximate surface area is 119 Å². The fourth-order valence-electron chi connectivity index (χ4n) is 2.35. The van der Waals surface area contributed by atoms with Crippen LogP contribution in [0.1, 0.15) is 12.8 Å². The molecule has 100 valence electrons. The number of alkyl halides is 1. The third kappa shape index (κ3) is 4.34. The van der Waals surface area contributed by atoms with E-state index in [0.717, 1.165) is 30.5 Å². The SMILES string of the molecule is ClCCN1CCCC(COc2ccc(Cl)cc2)C1. The minimum absolute atomic E-state index is 0.609. The van der Waals surface area contributed by atoms with Gasteiger partial charge in [-0.3, -0.25) is 0 Å². The molecular formula is C14H19Cl2NO. The van der Waals surface area contributed by atoms with Gasteiger partial charge in [0, 0.05) is 29.9 Å². The molecule has 1 aliphatic rings. The molecule has 0 N–H and O–H groups in total. The number of piperidine rings is 1. The van der Waals surface area contributed by atoms with Gasteiger partial charge in [-0.05, 0) is 43.7 Å². The van der Waals surface area contributed by atoms with Crippen LogP contribution >= 0.6 is 23.2 Å². The number of rotatable bonds is 5. The van der Waals surface area contributed by atoms with Crippen LogP contribution in [0.5, 0.6) is 5.75 Å². The van der Waals surface area contributed by atoms with Crippen LogP contribution in [0, 0.1) is 5.92 Å². The van der Waals surface area contributed by atoms with E-state index < -0.39 is 0 Å². The first-order valence-corrected chi connectivity index (χ1v) is 7.36. The van der Waals surface area contributed by atoms with E-state index in [4.69, 9.17) is 27.9 Å². The van der Waals surface area contributed by atoms with E-state index in [1.807, 2.05) is 24.3 Å². The van der Waals surface area contributed by atoms with Crippen LogP contribution in [0.3, 0.4) is 0 Å². The highest BCUT2D eigenvalue weighted by molar-refractivity contribution is 6.30. The molecule has 1 aromatic rings. The van der Waals surface area contributed by atoms with Gasteiger partial charge < -0.3 is 9.64 Å². The van der Waals surface area contributed by atoms with Crippen LogP contribution in [0.4, 0.5) is 0 Å². The van der Waals surface area contributed by atoms with Crippen molar-refractivity contribution in [2.75, 3.05) is 32.1 Å². The van der Waals surface area contributed by atoms with E-state index in [1.165, 1.54) is 19.4 Å². The average molecular weight is 288 g/mol. The highest BCUT2D eigenvalue weighted by Gasteiger charge is 2.19. The van der Waals surface area contributed by atoms with E-state index in [0.29, 0.717) is 11.8 Å². The molecule has 0 bridgehead atoms. The second kappa shape index (κ2) is 7.22. The molecule has 1 fully saturated rings. The lowest BCUT2D eigenvalue weighted by Gasteiger charge is -2.32. The molecular weight excluding hydrogens is 269 g/mol. The predicted molar refractivity (Wildman–Crippen MR) is 76.8 cm³/mol. The second-order valence-corrected chi connectivity index (χ2v) is 5.58. The molecule has 0 spiro atoms. The molecule has 1 atom stereocenters. The van der Waals surface area contributed by atoms with Gasteiger partial charge in [-0.15, -0.1) is 11.6 Å². The second-order valence-electron chi connectivity index (χ2n) is 4.76. The van der Waals surface area contributed by atoms with E-state index >= 15 is 0 Å². The number of hydrogen-bond acceptors (Lipinski definition) is 2. The first-order valence-electron chi connectivity index (χ1n) is 6.44. The van der Waals surface area contributed by atoms with Crippen LogP contribution in [-0.4, -0.2) is 37.0 Å². The Hall–Kier alpha value is -0.440. The Bertz CT molecular complexity index is 353. The molecule has 4 heteroatoms. The van der Waals surface area contributed by atoms with Gasteiger partial charge in [0.05, 0.1) is 6.61 Å². The van der Waals surface area contributed by atoms with Crippen molar-refractivity contribution in [1.82, 2.24) is 4.90 Å². The number of halogens is 2. The van der Waals surface area contributed by atoms with Gasteiger partial charge in [-0.2, -0.15) is 0 Å². The van der Waals surface area contributed by atoms with Crippen LogP contribution in [0.2, 0.25) is 5.02 Å². The average Bonchev–Trinajstić information content (AvgIpc) is 2.39. The lowest BCUT2D eigenvalue weighted by molar-refractivity contribution is 0.135. The lowest BCUT2D eigenvalue weighted by Crippen LogP contribution is -2.38. The minimum atomic E-state index is 0.609. The number of likely N-dealkylation sites (tertiary alicyclic amines) is 1. The highest BCUT2D eigenvalue weighted by Crippen LogP contribution is 2.20. The molecule has 1 heterocycles. The summed E-state index contributed by atoms with van der Waals surface area (Å²) in [7, 11) is 0. The molecule has 0 amide bonds. The van der Waals surface area contributed by atoms with Crippen molar-refractivity contribution in [3.05, 3.63) is 29.3 Å². The maximum atomic E-state index is 5.84. The Morgan fingerprint density at radius 3 is 2.78 bits per heavy atom. The van der Waals surface area contributed by atoms with Gasteiger partial charge in [-0.25, -0.2) is 0 Å². The third-order valence-electron chi connectivity index (χ3n) is 3.30. The summed E-state index contributed by atoms with van der Waals surface area (Å²) in [4.78, 5) is 2.42. The van der Waals surface area contributed by atoms with E-state index in [2.05, 4.69) is 4.90 Å². The molecule has 1 aromatic carbocycles. The van der Waals surface area contributed by atoms with Crippen molar-refractivity contribution in [1.29, 1.82) is 0 Å². The summed E-state index contributed by atoms with van der Waals surface area (Å²) < 4.78 is 5.81. The van der Waals surface area contributed by atoms with Crippen molar-refractivity contribution < 1.29 is 4.74 Å². The Balaban J connectivity index is 1.77. The first kappa shape index (κ1) is 14.0. The summed E-state index contributed by atoms with van der Waals surface area (Å²) in [6, 6.07) is 7.55. The molecule has 0 aliphatic carbocycles. The fourth-order valence-corrected chi connectivity index (χ4v) is 2.72. The van der Waals surface area contributed by atoms with Crippen LogP contribution in [-0.2, 0) is 0 Å². The molecule has 1 unspecified atom stereocenters. The minimum Gasteiger partial charge on any atom is -0.493 e. The van der Waals surface area contributed by atoms with Crippen molar-refractivity contribution in [3.8, 4) is 5.75 Å². The van der Waals surface area contributed by atoms with Crippen molar-refractivity contribution in [2.24, 2.45) is 5.92 Å². The van der Waals surface area contributed by atoms with E-state index in [-0.39, 0.29) is 0 Å². The number of benzene rings is 1. The Morgan fingerprint density at radius 2 is 2.06 bits per heavy atom. The predicted octanol–water partition coefficient (Wildman–Crippen LogP) is 3.67. The number of hydrogen-bond donors (Lipinski definition) is 0. The quantitative estimate of drug-likeness (QED) is 0.766. The van der Waals surface area contributed by atoms with Crippen LogP contribution in [0.15, 0.2) is 24.3 Å². The summed E-state index contributed by atoms with van der Waals surface area (Å²) >= 11 is 11.6. The van der Waals surface area contributed by atoms with Gasteiger partial charge in [0.15, 0.2) is 0 Å². The molecule has 2 rings (SSSR count). The Kier molecular flexibility index (Phi) is 5.61. The zero-order valence-corrected chi connectivity index (χ0v) is 12.0. The monoisotopic (exact) mass is 287 g/mol. The molecule has 18 heavy (non-hydrogen) atoms. The summed E-state index contributed by atoms with van der Waals surface area (Å²) in [6.45, 7) is 4.03. The van der Waals surface area contributed by atoms with Gasteiger partial charge in [0.2, 0.25) is 0 Å². The molecule has 1 saturated heterocycles. The lowest BCUT2D eigenvalue weighted by atomic mass is 9.99. The molecule has 0 radical (unpaired) electrons. The maximum absolute atomic E-state index is 5.84. The number of nitrogens with zero attached hydrogens (tertiary/aromatic N) is 1. The third-order valence-corrected chi connectivity index (χ3v) is 3.72. The molecule has 0 saturated carbocycles. The fraction of sp³-hybridized carbons (Fsp3) is 0.571. The smallest absolute Gasteiger partial charge is 0.119 e. The van der Waals surface area contributed by atoms with Crippen LogP contribution < -0.4 is 4.74 Å². The van der Waals surface area contributed by atoms with Crippen molar-refractivity contribution in [2.45, 2.75) is 12.8 Å². The molecule has 0 aromatic heterocycles. The summed E-state index contributed by atoms with van der Waals surface area (Å²) in [5.41, 5.74) is 0. The standard InChI is InChI=1S/C14H19Cl2NO/c15-7-9-17-8-1-2-12(10-17)11-18-14-5-3-13(16)4-6-14/h3-6,12H,1-2,7-11H2. The summed E-state index contributed by atoms with van der Waals surface area (Å²) in [5.74, 6) is 2.22. The van der Waals surface area contributed by atoms with Crippen LogP contribution in [0.25, 0.3) is 0 Å². The molecule has 1 aliphatic heterocycles. The normalized spacial score (nSPS) is 20.9. The van der Waals surface area contributed by atoms with Crippen molar-refractivity contribution in [3.63, 3.8) is 0 Å². The zero-order valence-electron chi connectivity index (χ0n) is 10.4. The van der Waals surface area contributed by atoms with Crippen molar-refractivity contribution >= 4 is 23.2 Å². The largest absolute Gasteiger partial charge is 0.493 e. The van der Waals surface area contributed by atoms with Gasteiger partial charge >= 0.3 is 0 Å². The molecule has 2 nitrogen and oxygen atoms in total. The topological polar surface area (TPSA) is 12.5 Å². The maximum Gasteiger partial charge on any atom is 0.119 e. The highest BCUT2D eigenvalue weighted by atomic mass is 35.5. The van der Waals surface area contributed by atoms with Gasteiger partial charge in [0.25, 0.3) is 0 Å². The van der Waals surface area contributed by atoms with Gasteiger partial charge in [-0.1, -0.05) is 11.6 Å². The number of ether oxygens (including phenoxy) is 1. The van der Waals surface area contributed by atoms with Gasteiger partial charge in [0.1, 0.15) is 5.75 Å². The summed E-state index contributed by atoms with van der Waals surface area (Å²) in [5, 5.41) is 0.744. The zero-order chi connectivity index (χ0) is 12.8. The summed E-state index contributed by atoms with van der Waals surface area (Å²) in [6.07, 6.45) is 2.48. The van der Waals surface area contributed by atoms with E-state index in [1.54, 1.807) is 0 Å².